The molecule has 9 heteroatoms. The van der Waals surface area contributed by atoms with E-state index in [9.17, 15) is 4.79 Å². The number of ether oxygens (including phenoxy) is 1. The van der Waals surface area contributed by atoms with E-state index in [1.54, 1.807) is 18.2 Å². The van der Waals surface area contributed by atoms with Crippen LogP contribution in [0.25, 0.3) is 21.9 Å². The Kier molecular flexibility index (Phi) is 4.78. The number of aromatic amines is 1. The summed E-state index contributed by atoms with van der Waals surface area (Å²) in [6.45, 7) is 1.96. The average molecular weight is 416 g/mol. The van der Waals surface area contributed by atoms with E-state index in [1.165, 1.54) is 13.4 Å². The van der Waals surface area contributed by atoms with Crippen molar-refractivity contribution in [3.05, 3.63) is 58.1 Å². The number of imidazole rings is 1. The Morgan fingerprint density at radius 1 is 1.18 bits per heavy atom. The number of carbonyl (C=O) groups is 1. The highest BCUT2D eigenvalue weighted by Crippen LogP contribution is 2.29. The number of esters is 1. The van der Waals surface area contributed by atoms with Crippen LogP contribution in [0.2, 0.25) is 10.0 Å². The highest BCUT2D eigenvalue weighted by Gasteiger charge is 2.17. The van der Waals surface area contributed by atoms with E-state index in [1.807, 2.05) is 19.1 Å². The Labute approximate surface area is 170 Å². The van der Waals surface area contributed by atoms with Gasteiger partial charge in [-0.3, -0.25) is 0 Å². The number of hydrogen-bond donors (Lipinski definition) is 2. The number of anilines is 1. The van der Waals surface area contributed by atoms with Crippen molar-refractivity contribution >= 4 is 56.9 Å². The van der Waals surface area contributed by atoms with Crippen molar-refractivity contribution in [2.75, 3.05) is 12.4 Å². The first-order valence-electron chi connectivity index (χ1n) is 8.40. The molecule has 0 amide bonds. The summed E-state index contributed by atoms with van der Waals surface area (Å²) < 4.78 is 4.75. The molecule has 0 aliphatic carbocycles. The monoisotopic (exact) mass is 415 g/mol. The minimum Gasteiger partial charge on any atom is -0.465 e. The Balaban J connectivity index is 1.70. The first-order valence-corrected chi connectivity index (χ1v) is 9.16. The molecule has 2 aromatic carbocycles. The minimum absolute atomic E-state index is 0.177. The molecule has 2 N–H and O–H groups in total. The first kappa shape index (κ1) is 18.5. The lowest BCUT2D eigenvalue weighted by Crippen LogP contribution is -2.10. The molecule has 7 nitrogen and oxygen atoms in total. The van der Waals surface area contributed by atoms with Gasteiger partial charge in [-0.05, 0) is 37.3 Å². The van der Waals surface area contributed by atoms with Gasteiger partial charge in [-0.1, -0.05) is 23.2 Å². The van der Waals surface area contributed by atoms with E-state index in [4.69, 9.17) is 27.9 Å². The van der Waals surface area contributed by atoms with Gasteiger partial charge < -0.3 is 15.0 Å². The van der Waals surface area contributed by atoms with Gasteiger partial charge in [0.05, 0.1) is 40.3 Å². The molecule has 1 atom stereocenters. The largest absolute Gasteiger partial charge is 0.465 e. The topological polar surface area (TPSA) is 92.8 Å². The normalized spacial score (nSPS) is 12.3. The Bertz CT molecular complexity index is 1210. The van der Waals surface area contributed by atoms with Crippen LogP contribution in [-0.4, -0.2) is 33.0 Å². The van der Waals surface area contributed by atoms with Crippen LogP contribution in [0, 0.1) is 0 Å². The number of halogens is 2. The second-order valence-electron chi connectivity index (χ2n) is 6.21. The maximum atomic E-state index is 11.8. The standard InChI is InChI=1S/C19H15Cl2N5O2/c1-9(17-25-14-4-3-10(20)5-16(14)26-17)24-18-12-6-13(21)11(19(27)28-2)7-15(12)22-8-23-18/h3-9H,1-2H3,(H,25,26)(H,22,23,24)/t9-/m0/s1. The molecular weight excluding hydrogens is 401 g/mol. The summed E-state index contributed by atoms with van der Waals surface area (Å²) >= 11 is 12.3. The van der Waals surface area contributed by atoms with Crippen LogP contribution in [0.3, 0.4) is 0 Å². The van der Waals surface area contributed by atoms with Crippen LogP contribution in [0.1, 0.15) is 29.1 Å². The van der Waals surface area contributed by atoms with E-state index in [0.29, 0.717) is 21.7 Å². The average Bonchev–Trinajstić information content (AvgIpc) is 3.10. The second kappa shape index (κ2) is 7.26. The predicted molar refractivity (Wildman–Crippen MR) is 109 cm³/mol. The smallest absolute Gasteiger partial charge is 0.339 e. The summed E-state index contributed by atoms with van der Waals surface area (Å²) in [6, 6.07) is 8.56. The SMILES string of the molecule is COC(=O)c1cc2ncnc(N[C@@H](C)c3nc4cc(Cl)ccc4[nH]3)c2cc1Cl. The molecule has 0 spiro atoms. The van der Waals surface area contributed by atoms with Gasteiger partial charge >= 0.3 is 5.97 Å². The van der Waals surface area contributed by atoms with Crippen LogP contribution >= 0.6 is 23.2 Å². The number of rotatable bonds is 4. The second-order valence-corrected chi connectivity index (χ2v) is 7.06. The highest BCUT2D eigenvalue weighted by atomic mass is 35.5. The molecule has 28 heavy (non-hydrogen) atoms. The Morgan fingerprint density at radius 3 is 2.79 bits per heavy atom. The van der Waals surface area contributed by atoms with E-state index in [0.717, 1.165) is 16.9 Å². The molecule has 0 aliphatic heterocycles. The molecule has 2 aromatic heterocycles. The van der Waals surface area contributed by atoms with Gasteiger partial charge in [-0.15, -0.1) is 0 Å². The fourth-order valence-electron chi connectivity index (χ4n) is 2.94. The zero-order valence-electron chi connectivity index (χ0n) is 15.0. The van der Waals surface area contributed by atoms with Crippen molar-refractivity contribution in [3.63, 3.8) is 0 Å². The van der Waals surface area contributed by atoms with Crippen molar-refractivity contribution < 1.29 is 9.53 Å². The van der Waals surface area contributed by atoms with Gasteiger partial charge in [-0.2, -0.15) is 0 Å². The van der Waals surface area contributed by atoms with Crippen molar-refractivity contribution in [3.8, 4) is 0 Å². The molecular formula is C19H15Cl2N5O2. The van der Waals surface area contributed by atoms with Crippen molar-refractivity contribution in [1.82, 2.24) is 19.9 Å². The molecule has 142 valence electrons. The number of nitrogens with one attached hydrogen (secondary N) is 2. The number of hydrogen-bond acceptors (Lipinski definition) is 6. The maximum Gasteiger partial charge on any atom is 0.339 e. The molecule has 0 saturated heterocycles. The molecule has 0 fully saturated rings. The van der Waals surface area contributed by atoms with Crippen LogP contribution in [0.4, 0.5) is 5.82 Å². The van der Waals surface area contributed by atoms with Crippen LogP contribution in [0.15, 0.2) is 36.7 Å². The van der Waals surface area contributed by atoms with E-state index >= 15 is 0 Å². The third kappa shape index (κ3) is 3.34. The number of carbonyl (C=O) groups excluding carboxylic acids is 1. The van der Waals surface area contributed by atoms with Crippen LogP contribution < -0.4 is 5.32 Å². The summed E-state index contributed by atoms with van der Waals surface area (Å²) in [4.78, 5) is 28.2. The molecule has 4 aromatic rings. The van der Waals surface area contributed by atoms with Gasteiger partial charge in [0.2, 0.25) is 0 Å². The number of H-pyrrole nitrogens is 1. The van der Waals surface area contributed by atoms with Crippen molar-refractivity contribution in [2.24, 2.45) is 0 Å². The van der Waals surface area contributed by atoms with Gasteiger partial charge in [0.1, 0.15) is 18.0 Å². The Morgan fingerprint density at radius 2 is 2.00 bits per heavy atom. The summed E-state index contributed by atoms with van der Waals surface area (Å²) in [5.74, 6) is 0.796. The molecule has 0 radical (unpaired) electrons. The molecule has 4 rings (SSSR count). The quantitative estimate of drug-likeness (QED) is 0.466. The molecule has 0 unspecified atom stereocenters. The third-order valence-corrected chi connectivity index (χ3v) is 4.90. The van der Waals surface area contributed by atoms with Gasteiger partial charge in [0.15, 0.2) is 0 Å². The van der Waals surface area contributed by atoms with Crippen LogP contribution in [-0.2, 0) is 4.74 Å². The summed E-state index contributed by atoms with van der Waals surface area (Å²) in [5.41, 5.74) is 2.51. The van der Waals surface area contributed by atoms with Crippen LogP contribution in [0.5, 0.6) is 0 Å². The lowest BCUT2D eigenvalue weighted by Gasteiger charge is -2.14. The zero-order chi connectivity index (χ0) is 19.8. The molecule has 2 heterocycles. The number of nitrogens with zero attached hydrogens (tertiary/aromatic N) is 3. The zero-order valence-corrected chi connectivity index (χ0v) is 16.5. The van der Waals surface area contributed by atoms with Crippen molar-refractivity contribution in [2.45, 2.75) is 13.0 Å². The van der Waals surface area contributed by atoms with Gasteiger partial charge in [0, 0.05) is 10.4 Å². The number of aromatic nitrogens is 4. The molecule has 0 saturated carbocycles. The number of methoxy groups -OCH3 is 1. The van der Waals surface area contributed by atoms with E-state index < -0.39 is 5.97 Å². The molecule has 0 aliphatic rings. The fraction of sp³-hybridized carbons (Fsp3) is 0.158. The summed E-state index contributed by atoms with van der Waals surface area (Å²) in [7, 11) is 1.30. The lowest BCUT2D eigenvalue weighted by molar-refractivity contribution is 0.0601. The highest BCUT2D eigenvalue weighted by molar-refractivity contribution is 6.34. The number of fused-ring (bicyclic) bond motifs is 2. The summed E-state index contributed by atoms with van der Waals surface area (Å²) in [6.07, 6.45) is 1.42. The maximum absolute atomic E-state index is 11.8. The van der Waals surface area contributed by atoms with E-state index in [-0.39, 0.29) is 16.6 Å². The molecule has 0 bridgehead atoms. The number of benzene rings is 2. The van der Waals surface area contributed by atoms with E-state index in [2.05, 4.69) is 25.3 Å². The fourth-order valence-corrected chi connectivity index (χ4v) is 3.34. The predicted octanol–water partition coefficient (Wildman–Crippen LogP) is 4.77. The first-order chi connectivity index (χ1) is 13.5. The third-order valence-electron chi connectivity index (χ3n) is 4.36. The summed E-state index contributed by atoms with van der Waals surface area (Å²) in [5, 5.41) is 4.90. The minimum atomic E-state index is -0.519. The van der Waals surface area contributed by atoms with Gasteiger partial charge in [0.25, 0.3) is 0 Å². The lowest BCUT2D eigenvalue weighted by atomic mass is 10.1. The van der Waals surface area contributed by atoms with Crippen molar-refractivity contribution in [1.29, 1.82) is 0 Å². The van der Waals surface area contributed by atoms with Gasteiger partial charge in [-0.25, -0.2) is 19.7 Å². The Hall–Kier alpha value is -2.90.